The molecule has 1 aliphatic carbocycles. The maximum atomic E-state index is 12.5. The van der Waals surface area contributed by atoms with Crippen LogP contribution in [0.4, 0.5) is 5.69 Å². The van der Waals surface area contributed by atoms with E-state index in [-0.39, 0.29) is 5.91 Å². The highest BCUT2D eigenvalue weighted by Gasteiger charge is 2.35. The highest BCUT2D eigenvalue weighted by Crippen LogP contribution is 2.32. The third-order valence-electron chi connectivity index (χ3n) is 4.14. The van der Waals surface area contributed by atoms with Gasteiger partial charge in [-0.2, -0.15) is 0 Å². The standard InChI is InChI=1S/C18H25NO4/c1-12(2)11-23-16-10-6-5-9-15(16)19-17(20)13-7-3-4-8-14(13)18(21)22/h5-6,9-10,12-14H,3-4,7-8,11H2,1-2H3,(H,19,20)(H,21,22). The number of carbonyl (C=O) groups excluding carboxylic acids is 1. The number of carboxylic acid groups (broad SMARTS) is 1. The van der Waals surface area contributed by atoms with Gasteiger partial charge in [-0.1, -0.05) is 38.8 Å². The number of aliphatic carboxylic acids is 1. The van der Waals surface area contributed by atoms with Gasteiger partial charge in [0, 0.05) is 0 Å². The number of nitrogens with one attached hydrogen (secondary N) is 1. The zero-order valence-corrected chi connectivity index (χ0v) is 13.7. The molecule has 2 unspecified atom stereocenters. The lowest BCUT2D eigenvalue weighted by molar-refractivity contribution is -0.147. The second-order valence-electron chi connectivity index (χ2n) is 6.53. The summed E-state index contributed by atoms with van der Waals surface area (Å²) in [5.41, 5.74) is 0.605. The number of amides is 1. The van der Waals surface area contributed by atoms with Crippen LogP contribution in [0.15, 0.2) is 24.3 Å². The molecule has 1 aromatic carbocycles. The number of hydrogen-bond donors (Lipinski definition) is 2. The number of para-hydroxylation sites is 2. The fourth-order valence-electron chi connectivity index (χ4n) is 2.92. The second-order valence-corrected chi connectivity index (χ2v) is 6.53. The zero-order chi connectivity index (χ0) is 16.8. The molecule has 0 radical (unpaired) electrons. The Hall–Kier alpha value is -2.04. The quantitative estimate of drug-likeness (QED) is 0.841. The molecule has 2 atom stereocenters. The molecule has 0 spiro atoms. The van der Waals surface area contributed by atoms with Gasteiger partial charge in [-0.25, -0.2) is 0 Å². The molecule has 5 nitrogen and oxygen atoms in total. The van der Waals surface area contributed by atoms with Gasteiger partial charge in [0.25, 0.3) is 0 Å². The molecule has 1 saturated carbocycles. The molecule has 1 fully saturated rings. The highest BCUT2D eigenvalue weighted by molar-refractivity contribution is 5.96. The van der Waals surface area contributed by atoms with E-state index in [1.807, 2.05) is 18.2 Å². The minimum Gasteiger partial charge on any atom is -0.491 e. The molecule has 1 aliphatic rings. The summed E-state index contributed by atoms with van der Waals surface area (Å²) >= 11 is 0. The van der Waals surface area contributed by atoms with Crippen LogP contribution in [-0.4, -0.2) is 23.6 Å². The van der Waals surface area contributed by atoms with Crippen molar-refractivity contribution in [1.29, 1.82) is 0 Å². The van der Waals surface area contributed by atoms with Crippen molar-refractivity contribution in [3.8, 4) is 5.75 Å². The van der Waals surface area contributed by atoms with Crippen molar-refractivity contribution < 1.29 is 19.4 Å². The minimum absolute atomic E-state index is 0.224. The Morgan fingerprint density at radius 2 is 1.87 bits per heavy atom. The molecule has 126 valence electrons. The molecule has 1 amide bonds. The lowest BCUT2D eigenvalue weighted by Crippen LogP contribution is -2.36. The smallest absolute Gasteiger partial charge is 0.307 e. The fourth-order valence-corrected chi connectivity index (χ4v) is 2.92. The predicted octanol–water partition coefficient (Wildman–Crippen LogP) is 3.55. The Morgan fingerprint density at radius 3 is 2.52 bits per heavy atom. The largest absolute Gasteiger partial charge is 0.491 e. The summed E-state index contributed by atoms with van der Waals surface area (Å²) in [7, 11) is 0. The summed E-state index contributed by atoms with van der Waals surface area (Å²) in [6, 6.07) is 7.28. The third-order valence-corrected chi connectivity index (χ3v) is 4.14. The van der Waals surface area contributed by atoms with E-state index in [2.05, 4.69) is 19.2 Å². The lowest BCUT2D eigenvalue weighted by Gasteiger charge is -2.27. The van der Waals surface area contributed by atoms with Crippen LogP contribution in [0.2, 0.25) is 0 Å². The second kappa shape index (κ2) is 7.99. The first-order chi connectivity index (χ1) is 11.0. The van der Waals surface area contributed by atoms with Crippen LogP contribution in [0.25, 0.3) is 0 Å². The van der Waals surface area contributed by atoms with Gasteiger partial charge in [0.2, 0.25) is 5.91 Å². The van der Waals surface area contributed by atoms with E-state index in [4.69, 9.17) is 4.74 Å². The van der Waals surface area contributed by atoms with Crippen molar-refractivity contribution in [3.05, 3.63) is 24.3 Å². The van der Waals surface area contributed by atoms with E-state index >= 15 is 0 Å². The first-order valence-electron chi connectivity index (χ1n) is 8.24. The summed E-state index contributed by atoms with van der Waals surface area (Å²) in [4.78, 5) is 23.9. The number of anilines is 1. The van der Waals surface area contributed by atoms with Crippen molar-refractivity contribution >= 4 is 17.6 Å². The maximum absolute atomic E-state index is 12.5. The van der Waals surface area contributed by atoms with Gasteiger partial charge in [-0.3, -0.25) is 9.59 Å². The minimum atomic E-state index is -0.880. The van der Waals surface area contributed by atoms with E-state index in [1.54, 1.807) is 6.07 Å². The number of ether oxygens (including phenoxy) is 1. The average molecular weight is 319 g/mol. The fraction of sp³-hybridized carbons (Fsp3) is 0.556. The molecule has 23 heavy (non-hydrogen) atoms. The van der Waals surface area contributed by atoms with Crippen molar-refractivity contribution in [3.63, 3.8) is 0 Å². The first kappa shape index (κ1) is 17.3. The number of carboxylic acids is 1. The number of hydrogen-bond acceptors (Lipinski definition) is 3. The van der Waals surface area contributed by atoms with Crippen LogP contribution in [0, 0.1) is 17.8 Å². The van der Waals surface area contributed by atoms with Crippen molar-refractivity contribution in [2.75, 3.05) is 11.9 Å². The molecular weight excluding hydrogens is 294 g/mol. The van der Waals surface area contributed by atoms with E-state index in [0.717, 1.165) is 12.8 Å². The Morgan fingerprint density at radius 1 is 1.22 bits per heavy atom. The van der Waals surface area contributed by atoms with E-state index in [9.17, 15) is 14.7 Å². The van der Waals surface area contributed by atoms with Gasteiger partial charge in [-0.05, 0) is 30.9 Å². The Bertz CT molecular complexity index is 556. The molecule has 0 saturated heterocycles. The molecule has 2 N–H and O–H groups in total. The van der Waals surface area contributed by atoms with Gasteiger partial charge >= 0.3 is 5.97 Å². The van der Waals surface area contributed by atoms with Gasteiger partial charge in [0.1, 0.15) is 5.75 Å². The Labute approximate surface area is 137 Å². The van der Waals surface area contributed by atoms with Gasteiger partial charge in [0.05, 0.1) is 24.1 Å². The predicted molar refractivity (Wildman–Crippen MR) is 88.5 cm³/mol. The van der Waals surface area contributed by atoms with Crippen molar-refractivity contribution in [2.45, 2.75) is 39.5 Å². The number of carbonyl (C=O) groups is 2. The lowest BCUT2D eigenvalue weighted by atomic mass is 9.78. The zero-order valence-electron chi connectivity index (χ0n) is 13.7. The average Bonchev–Trinajstić information content (AvgIpc) is 2.53. The molecule has 1 aromatic rings. The van der Waals surface area contributed by atoms with Crippen LogP contribution < -0.4 is 10.1 Å². The summed E-state index contributed by atoms with van der Waals surface area (Å²) in [5, 5.41) is 12.2. The third kappa shape index (κ3) is 4.71. The van der Waals surface area contributed by atoms with Gasteiger partial charge in [0.15, 0.2) is 0 Å². The maximum Gasteiger partial charge on any atom is 0.307 e. The first-order valence-corrected chi connectivity index (χ1v) is 8.24. The molecule has 2 rings (SSSR count). The molecule has 0 heterocycles. The van der Waals surface area contributed by atoms with Crippen LogP contribution in [0.3, 0.4) is 0 Å². The molecule has 0 bridgehead atoms. The highest BCUT2D eigenvalue weighted by atomic mass is 16.5. The van der Waals surface area contributed by atoms with E-state index in [1.165, 1.54) is 0 Å². The summed E-state index contributed by atoms with van der Waals surface area (Å²) in [6.45, 7) is 4.68. The van der Waals surface area contributed by atoms with Crippen molar-refractivity contribution in [1.82, 2.24) is 0 Å². The van der Waals surface area contributed by atoms with Crippen LogP contribution in [-0.2, 0) is 9.59 Å². The van der Waals surface area contributed by atoms with Gasteiger partial charge in [-0.15, -0.1) is 0 Å². The molecular formula is C18H25NO4. The van der Waals surface area contributed by atoms with Gasteiger partial charge < -0.3 is 15.2 Å². The Balaban J connectivity index is 2.08. The van der Waals surface area contributed by atoms with Crippen LogP contribution in [0.1, 0.15) is 39.5 Å². The summed E-state index contributed by atoms with van der Waals surface area (Å²) in [5.74, 6) is -1.16. The normalized spacial score (nSPS) is 21.0. The number of rotatable bonds is 6. The summed E-state index contributed by atoms with van der Waals surface area (Å²) < 4.78 is 5.73. The monoisotopic (exact) mass is 319 g/mol. The molecule has 5 heteroatoms. The summed E-state index contributed by atoms with van der Waals surface area (Å²) in [6.07, 6.45) is 2.96. The van der Waals surface area contributed by atoms with Crippen LogP contribution >= 0.6 is 0 Å². The van der Waals surface area contributed by atoms with Crippen LogP contribution in [0.5, 0.6) is 5.75 Å². The van der Waals surface area contributed by atoms with E-state index < -0.39 is 17.8 Å². The SMILES string of the molecule is CC(C)COc1ccccc1NC(=O)C1CCCCC1C(=O)O. The van der Waals surface area contributed by atoms with E-state index in [0.29, 0.717) is 36.8 Å². The van der Waals surface area contributed by atoms with Crippen molar-refractivity contribution in [2.24, 2.45) is 17.8 Å². The number of benzene rings is 1. The Kier molecular flexibility index (Phi) is 6.02. The molecule has 0 aromatic heterocycles. The molecule has 0 aliphatic heterocycles. The topological polar surface area (TPSA) is 75.6 Å².